The van der Waals surface area contributed by atoms with E-state index in [1.54, 1.807) is 0 Å². The summed E-state index contributed by atoms with van der Waals surface area (Å²) in [6, 6.07) is 0. The minimum atomic E-state index is -0.257. The van der Waals surface area contributed by atoms with Crippen molar-refractivity contribution in [2.45, 2.75) is 60.3 Å². The molecule has 1 saturated carbocycles. The molecule has 6 rings (SSSR count). The standard InChI is InChI=1S/C34H34N4O3/c1-8-20-16(3)24-13-26-18(5)22(10-11-31(40)41-7)33(37-26)23-12-30(39)32-19(6)27(38-34(23)32)15-29-21(9-2)17(4)25(36-29)14-28(20)35-24/h8,13-15,18,22H,1,9-12H2,2-7H3/t18-,22-/m0/s1. The second-order valence-corrected chi connectivity index (χ2v) is 11.3. The number of esters is 1. The molecule has 5 heterocycles. The number of allylic oxidation sites excluding steroid dienone is 12. The van der Waals surface area contributed by atoms with Crippen LogP contribution in [0.5, 0.6) is 0 Å². The van der Waals surface area contributed by atoms with Gasteiger partial charge in [-0.25, -0.2) is 15.0 Å². The van der Waals surface area contributed by atoms with Crippen LogP contribution in [-0.4, -0.2) is 41.7 Å². The smallest absolute Gasteiger partial charge is 0.305 e. The monoisotopic (exact) mass is 546 g/mol. The van der Waals surface area contributed by atoms with Crippen LogP contribution in [-0.2, 0) is 14.3 Å². The van der Waals surface area contributed by atoms with Crippen LogP contribution in [0.2, 0.25) is 0 Å². The van der Waals surface area contributed by atoms with Gasteiger partial charge in [-0.15, -0.1) is 0 Å². The number of Topliss-reactive ketones (excluding diaryl/α,β-unsaturated/α-hetero) is 1. The Morgan fingerprint density at radius 2 is 1.68 bits per heavy atom. The fourth-order valence-corrected chi connectivity index (χ4v) is 6.64. The van der Waals surface area contributed by atoms with Gasteiger partial charge in [-0.3, -0.25) is 14.6 Å². The Bertz CT molecular complexity index is 1710. The zero-order valence-corrected chi connectivity index (χ0v) is 24.5. The van der Waals surface area contributed by atoms with Crippen LogP contribution in [0, 0.1) is 11.8 Å². The Labute approximate surface area is 240 Å². The zero-order chi connectivity index (χ0) is 29.2. The van der Waals surface area contributed by atoms with E-state index in [0.29, 0.717) is 17.7 Å². The molecule has 0 N–H and O–H groups in total. The Kier molecular flexibility index (Phi) is 6.56. The number of carbonyl (C=O) groups is 2. The van der Waals surface area contributed by atoms with E-state index in [9.17, 15) is 9.59 Å². The van der Waals surface area contributed by atoms with Crippen LogP contribution in [0.15, 0.2) is 113 Å². The van der Waals surface area contributed by atoms with Crippen molar-refractivity contribution in [1.82, 2.24) is 0 Å². The van der Waals surface area contributed by atoms with E-state index in [1.807, 2.05) is 31.2 Å². The number of ketones is 1. The molecule has 41 heavy (non-hydrogen) atoms. The maximum absolute atomic E-state index is 13.4. The van der Waals surface area contributed by atoms with E-state index >= 15 is 0 Å². The van der Waals surface area contributed by atoms with Crippen LogP contribution < -0.4 is 0 Å². The lowest BCUT2D eigenvalue weighted by molar-refractivity contribution is -0.140. The van der Waals surface area contributed by atoms with E-state index in [1.165, 1.54) is 7.11 Å². The van der Waals surface area contributed by atoms with Gasteiger partial charge in [0.15, 0.2) is 5.78 Å². The second-order valence-electron chi connectivity index (χ2n) is 11.3. The Morgan fingerprint density at radius 1 is 1.00 bits per heavy atom. The van der Waals surface area contributed by atoms with Gasteiger partial charge in [-0.2, -0.15) is 0 Å². The van der Waals surface area contributed by atoms with E-state index in [4.69, 9.17) is 24.7 Å². The molecule has 7 heteroatoms. The molecule has 0 radical (unpaired) electrons. The molecule has 6 aliphatic rings. The Hall–Kier alpha value is -4.26. The summed E-state index contributed by atoms with van der Waals surface area (Å²) in [5.41, 5.74) is 13.3. The Morgan fingerprint density at radius 3 is 2.39 bits per heavy atom. The lowest BCUT2D eigenvalue weighted by atomic mass is 9.84. The van der Waals surface area contributed by atoms with Crippen LogP contribution in [0.1, 0.15) is 60.3 Å². The molecular weight excluding hydrogens is 512 g/mol. The van der Waals surface area contributed by atoms with E-state index in [0.717, 1.165) is 79.8 Å². The van der Waals surface area contributed by atoms with Gasteiger partial charge in [0.1, 0.15) is 0 Å². The van der Waals surface area contributed by atoms with Gasteiger partial charge in [-0.05, 0) is 74.1 Å². The summed E-state index contributed by atoms with van der Waals surface area (Å²) in [7, 11) is 1.41. The van der Waals surface area contributed by atoms with Crippen molar-refractivity contribution in [3.63, 3.8) is 0 Å². The molecule has 7 nitrogen and oxygen atoms in total. The quantitative estimate of drug-likeness (QED) is 0.371. The number of hydrogen-bond acceptors (Lipinski definition) is 7. The van der Waals surface area contributed by atoms with Crippen molar-refractivity contribution in [2.24, 2.45) is 31.8 Å². The number of ether oxygens (including phenoxy) is 1. The molecule has 2 atom stereocenters. The molecule has 5 aliphatic heterocycles. The summed E-state index contributed by atoms with van der Waals surface area (Å²) in [6.07, 6.45) is 9.87. The first-order chi connectivity index (χ1) is 19.7. The van der Waals surface area contributed by atoms with Crippen molar-refractivity contribution in [1.29, 1.82) is 0 Å². The van der Waals surface area contributed by atoms with Crippen molar-refractivity contribution in [2.75, 3.05) is 7.11 Å². The number of nitrogens with zero attached hydrogens (tertiary/aromatic N) is 4. The first-order valence-electron chi connectivity index (χ1n) is 14.3. The molecule has 0 unspecified atom stereocenters. The first-order valence-corrected chi connectivity index (χ1v) is 14.3. The van der Waals surface area contributed by atoms with Gasteiger partial charge in [-0.1, -0.05) is 26.5 Å². The van der Waals surface area contributed by atoms with Crippen molar-refractivity contribution in [3.8, 4) is 0 Å². The average molecular weight is 547 g/mol. The van der Waals surface area contributed by atoms with Crippen LogP contribution in [0.4, 0.5) is 0 Å². The molecule has 0 aromatic carbocycles. The highest BCUT2D eigenvalue weighted by Crippen LogP contribution is 2.45. The van der Waals surface area contributed by atoms with Gasteiger partial charge in [0.05, 0.1) is 47.0 Å². The fourth-order valence-electron chi connectivity index (χ4n) is 6.64. The maximum Gasteiger partial charge on any atom is 0.305 e. The number of hydrogen-bond donors (Lipinski definition) is 0. The van der Waals surface area contributed by atoms with Gasteiger partial charge in [0.25, 0.3) is 0 Å². The first kappa shape index (κ1) is 26.9. The van der Waals surface area contributed by atoms with E-state index in [-0.39, 0.29) is 36.4 Å². The largest absolute Gasteiger partial charge is 0.469 e. The second kappa shape index (κ2) is 9.98. The van der Waals surface area contributed by atoms with Crippen LogP contribution in [0.25, 0.3) is 0 Å². The molecule has 1 fully saturated rings. The third-order valence-corrected chi connectivity index (χ3v) is 9.08. The van der Waals surface area contributed by atoms with Crippen LogP contribution in [0.3, 0.4) is 0 Å². The number of rotatable bonds is 5. The predicted molar refractivity (Wildman–Crippen MR) is 163 cm³/mol. The third-order valence-electron chi connectivity index (χ3n) is 9.08. The minimum absolute atomic E-state index is 0.0167. The summed E-state index contributed by atoms with van der Waals surface area (Å²) in [4.78, 5) is 45.8. The van der Waals surface area contributed by atoms with E-state index in [2.05, 4.69) is 34.3 Å². The zero-order valence-electron chi connectivity index (χ0n) is 24.5. The van der Waals surface area contributed by atoms with Gasteiger partial charge in [0.2, 0.25) is 0 Å². The number of carbonyl (C=O) groups excluding carboxylic acids is 2. The molecule has 0 aromatic heterocycles. The fraction of sp³-hybridized carbons (Fsp3) is 0.353. The third kappa shape index (κ3) is 4.17. The highest BCUT2D eigenvalue weighted by molar-refractivity contribution is 6.38. The summed E-state index contributed by atoms with van der Waals surface area (Å²) in [5, 5.41) is 0. The van der Waals surface area contributed by atoms with Gasteiger partial charge < -0.3 is 4.74 Å². The summed E-state index contributed by atoms with van der Waals surface area (Å²) in [6.45, 7) is 14.4. The normalized spacial score (nSPS) is 24.9. The molecule has 0 aromatic rings. The molecule has 208 valence electrons. The van der Waals surface area contributed by atoms with Crippen molar-refractivity contribution in [3.05, 3.63) is 92.7 Å². The predicted octanol–water partition coefficient (Wildman–Crippen LogP) is 6.45. The highest BCUT2D eigenvalue weighted by Gasteiger charge is 2.42. The summed E-state index contributed by atoms with van der Waals surface area (Å²) >= 11 is 0. The number of fused-ring (bicyclic) bond motifs is 4. The lowest BCUT2D eigenvalue weighted by Gasteiger charge is -2.18. The SMILES string of the molecule is C=CC1=C(C)C2=CC3=NC(=C4CC(=O)C5=C(C)C(=CC6=NC(=CC1=N2)C(C)=C6CC)N=C45)[C@@H](CCC(=O)OC)[C@@H]3C. The number of aliphatic imine (C=N–C) groups is 4. The minimum Gasteiger partial charge on any atom is -0.469 e. The van der Waals surface area contributed by atoms with Crippen LogP contribution >= 0.6 is 0 Å². The highest BCUT2D eigenvalue weighted by atomic mass is 16.5. The van der Waals surface area contributed by atoms with Crippen molar-refractivity contribution < 1.29 is 14.3 Å². The molecule has 0 saturated heterocycles. The van der Waals surface area contributed by atoms with E-state index < -0.39 is 0 Å². The van der Waals surface area contributed by atoms with Gasteiger partial charge >= 0.3 is 5.97 Å². The topological polar surface area (TPSA) is 92.8 Å². The molecule has 0 amide bonds. The number of methoxy groups -OCH3 is 1. The summed E-state index contributed by atoms with van der Waals surface area (Å²) < 4.78 is 4.95. The van der Waals surface area contributed by atoms with Gasteiger partial charge in [0, 0.05) is 47.1 Å². The lowest BCUT2D eigenvalue weighted by Crippen LogP contribution is -2.17. The van der Waals surface area contributed by atoms with Crippen molar-refractivity contribution >= 4 is 34.6 Å². The summed E-state index contributed by atoms with van der Waals surface area (Å²) in [5.74, 6) is -0.233. The average Bonchev–Trinajstić information content (AvgIpc) is 3.70. The Balaban J connectivity index is 1.62. The maximum atomic E-state index is 13.4. The molecule has 1 aliphatic carbocycles. The molecular formula is C34H34N4O3. The molecule has 0 spiro atoms. The molecule has 8 bridgehead atoms.